The summed E-state index contributed by atoms with van der Waals surface area (Å²) >= 11 is 0. The molecule has 8 heteroatoms. The molecular formula is C19H24FN3O4. The number of nitrogens with one attached hydrogen (secondary N) is 2. The minimum atomic E-state index is -0.644. The number of imide groups is 1. The van der Waals surface area contributed by atoms with Crippen molar-refractivity contribution < 1.29 is 23.5 Å². The first kappa shape index (κ1) is 19.1. The Kier molecular flexibility index (Phi) is 5.08. The number of anilines is 1. The third kappa shape index (κ3) is 4.56. The standard InChI is InChI=1S/C19H24FN3O4/c1-19(2,3)27-18(26)21-11-9-23(10-11)12-4-5-13(15(20)8-12)14-6-7-16(24)22-17(14)25/h4-5,8,11,14H,6-7,9-10H2,1-3H3,(H,21,26)(H,22,24,25). The van der Waals surface area contributed by atoms with Crippen molar-refractivity contribution in [3.05, 3.63) is 29.6 Å². The summed E-state index contributed by atoms with van der Waals surface area (Å²) in [7, 11) is 0. The van der Waals surface area contributed by atoms with Gasteiger partial charge in [-0.05, 0) is 39.3 Å². The van der Waals surface area contributed by atoms with Crippen LogP contribution < -0.4 is 15.5 Å². The van der Waals surface area contributed by atoms with Crippen LogP contribution in [0.5, 0.6) is 0 Å². The molecule has 3 amide bonds. The first-order valence-electron chi connectivity index (χ1n) is 9.00. The molecule has 27 heavy (non-hydrogen) atoms. The topological polar surface area (TPSA) is 87.7 Å². The Balaban J connectivity index is 1.57. The maximum Gasteiger partial charge on any atom is 0.407 e. The van der Waals surface area contributed by atoms with Gasteiger partial charge in [-0.15, -0.1) is 0 Å². The Morgan fingerprint density at radius 1 is 1.30 bits per heavy atom. The lowest BCUT2D eigenvalue weighted by Gasteiger charge is -2.41. The number of amides is 3. The van der Waals surface area contributed by atoms with Gasteiger partial charge in [-0.1, -0.05) is 6.07 Å². The summed E-state index contributed by atoms with van der Waals surface area (Å²) in [6.45, 7) is 6.50. The molecule has 1 unspecified atom stereocenters. The van der Waals surface area contributed by atoms with Crippen LogP contribution in [0.2, 0.25) is 0 Å². The van der Waals surface area contributed by atoms with Gasteiger partial charge in [0.1, 0.15) is 11.4 Å². The van der Waals surface area contributed by atoms with Crippen LogP contribution in [0.3, 0.4) is 0 Å². The molecule has 7 nitrogen and oxygen atoms in total. The number of alkyl carbamates (subject to hydrolysis) is 1. The number of hydrogen-bond donors (Lipinski definition) is 2. The van der Waals surface area contributed by atoms with E-state index in [0.29, 0.717) is 30.8 Å². The lowest BCUT2D eigenvalue weighted by atomic mass is 9.90. The number of piperidine rings is 1. The largest absolute Gasteiger partial charge is 0.444 e. The van der Waals surface area contributed by atoms with Gasteiger partial charge in [0.2, 0.25) is 11.8 Å². The molecule has 0 spiro atoms. The van der Waals surface area contributed by atoms with Crippen molar-refractivity contribution in [3.63, 3.8) is 0 Å². The number of ether oxygens (including phenoxy) is 1. The van der Waals surface area contributed by atoms with E-state index < -0.39 is 29.3 Å². The fraction of sp³-hybridized carbons (Fsp3) is 0.526. The molecule has 2 saturated heterocycles. The van der Waals surface area contributed by atoms with Crippen molar-refractivity contribution in [3.8, 4) is 0 Å². The lowest BCUT2D eigenvalue weighted by molar-refractivity contribution is -0.134. The molecular weight excluding hydrogens is 353 g/mol. The first-order valence-corrected chi connectivity index (χ1v) is 9.00. The fourth-order valence-electron chi connectivity index (χ4n) is 3.24. The van der Waals surface area contributed by atoms with Gasteiger partial charge < -0.3 is 15.0 Å². The van der Waals surface area contributed by atoms with Gasteiger partial charge in [-0.2, -0.15) is 0 Å². The molecule has 1 aromatic rings. The van der Waals surface area contributed by atoms with Crippen LogP contribution in [-0.4, -0.2) is 42.6 Å². The molecule has 3 rings (SSSR count). The lowest BCUT2D eigenvalue weighted by Crippen LogP contribution is -2.60. The molecule has 0 bridgehead atoms. The van der Waals surface area contributed by atoms with Crippen molar-refractivity contribution in [1.29, 1.82) is 0 Å². The smallest absolute Gasteiger partial charge is 0.407 e. The number of hydrogen-bond acceptors (Lipinski definition) is 5. The zero-order valence-corrected chi connectivity index (χ0v) is 15.7. The molecule has 1 aromatic carbocycles. The van der Waals surface area contributed by atoms with E-state index in [4.69, 9.17) is 4.74 Å². The van der Waals surface area contributed by atoms with E-state index in [-0.39, 0.29) is 18.4 Å². The normalized spacial score (nSPS) is 20.7. The molecule has 146 valence electrons. The highest BCUT2D eigenvalue weighted by molar-refractivity contribution is 6.01. The van der Waals surface area contributed by atoms with Crippen LogP contribution in [-0.2, 0) is 14.3 Å². The Bertz CT molecular complexity index is 769. The third-order valence-electron chi connectivity index (χ3n) is 4.57. The zero-order chi connectivity index (χ0) is 19.8. The number of rotatable bonds is 3. The summed E-state index contributed by atoms with van der Waals surface area (Å²) in [5, 5.41) is 5.03. The maximum atomic E-state index is 14.5. The third-order valence-corrected chi connectivity index (χ3v) is 4.57. The fourth-order valence-corrected chi connectivity index (χ4v) is 3.24. The quantitative estimate of drug-likeness (QED) is 0.788. The zero-order valence-electron chi connectivity index (χ0n) is 15.7. The van der Waals surface area contributed by atoms with Crippen LogP contribution >= 0.6 is 0 Å². The van der Waals surface area contributed by atoms with Gasteiger partial charge in [0.05, 0.1) is 12.0 Å². The molecule has 2 N–H and O–H groups in total. The van der Waals surface area contributed by atoms with Crippen LogP contribution in [0.4, 0.5) is 14.9 Å². The monoisotopic (exact) mass is 377 g/mol. The minimum absolute atomic E-state index is 0.0577. The molecule has 0 aromatic heterocycles. The Labute approximate surface area is 157 Å². The highest BCUT2D eigenvalue weighted by Gasteiger charge is 2.32. The summed E-state index contributed by atoms with van der Waals surface area (Å²) in [4.78, 5) is 36.9. The minimum Gasteiger partial charge on any atom is -0.444 e. The van der Waals surface area contributed by atoms with Crippen LogP contribution in [0, 0.1) is 5.82 Å². The highest BCUT2D eigenvalue weighted by Crippen LogP contribution is 2.30. The molecule has 2 fully saturated rings. The summed E-state index contributed by atoms with van der Waals surface area (Å²) in [5.41, 5.74) is 0.432. The van der Waals surface area contributed by atoms with E-state index in [1.165, 1.54) is 6.07 Å². The summed E-state index contributed by atoms with van der Waals surface area (Å²) in [6.07, 6.45) is 0.0559. The SMILES string of the molecule is CC(C)(C)OC(=O)NC1CN(c2ccc(C3CCC(=O)NC3=O)c(F)c2)C1. The van der Waals surface area contributed by atoms with Gasteiger partial charge in [0.15, 0.2) is 0 Å². The first-order chi connectivity index (χ1) is 12.6. The van der Waals surface area contributed by atoms with Gasteiger partial charge in [-0.3, -0.25) is 14.9 Å². The number of nitrogens with zero attached hydrogens (tertiary/aromatic N) is 1. The van der Waals surface area contributed by atoms with E-state index in [9.17, 15) is 18.8 Å². The van der Waals surface area contributed by atoms with Crippen molar-refractivity contribution >= 4 is 23.6 Å². The summed E-state index contributed by atoms with van der Waals surface area (Å²) in [5.74, 6) is -1.89. The average Bonchev–Trinajstić information content (AvgIpc) is 2.49. The highest BCUT2D eigenvalue weighted by atomic mass is 19.1. The van der Waals surface area contributed by atoms with Gasteiger partial charge in [0.25, 0.3) is 0 Å². The number of benzene rings is 1. The number of halogens is 1. The van der Waals surface area contributed by atoms with Crippen LogP contribution in [0.25, 0.3) is 0 Å². The Morgan fingerprint density at radius 2 is 2.00 bits per heavy atom. The molecule has 0 aliphatic carbocycles. The van der Waals surface area contributed by atoms with Crippen LogP contribution in [0.1, 0.15) is 45.1 Å². The number of carbonyl (C=O) groups is 3. The van der Waals surface area contributed by atoms with Crippen molar-refractivity contribution in [1.82, 2.24) is 10.6 Å². The Hall–Kier alpha value is -2.64. The molecule has 1 atom stereocenters. The van der Waals surface area contributed by atoms with E-state index in [1.54, 1.807) is 32.9 Å². The average molecular weight is 377 g/mol. The van der Waals surface area contributed by atoms with Gasteiger partial charge >= 0.3 is 6.09 Å². The van der Waals surface area contributed by atoms with Crippen molar-refractivity contribution in [2.45, 2.75) is 51.2 Å². The second-order valence-electron chi connectivity index (χ2n) is 7.96. The van der Waals surface area contributed by atoms with Crippen molar-refractivity contribution in [2.75, 3.05) is 18.0 Å². The molecule has 2 heterocycles. The van der Waals surface area contributed by atoms with Crippen LogP contribution in [0.15, 0.2) is 18.2 Å². The second-order valence-corrected chi connectivity index (χ2v) is 7.96. The molecule has 2 aliphatic rings. The number of carbonyl (C=O) groups excluding carboxylic acids is 3. The molecule has 0 saturated carbocycles. The summed E-state index contributed by atoms with van der Waals surface area (Å²) in [6, 6.07) is 4.69. The van der Waals surface area contributed by atoms with Gasteiger partial charge in [-0.25, -0.2) is 9.18 Å². The van der Waals surface area contributed by atoms with Gasteiger partial charge in [0, 0.05) is 30.8 Å². The predicted octanol–water partition coefficient (Wildman–Crippen LogP) is 2.06. The molecule has 0 radical (unpaired) electrons. The maximum absolute atomic E-state index is 14.5. The van der Waals surface area contributed by atoms with E-state index in [2.05, 4.69) is 10.6 Å². The van der Waals surface area contributed by atoms with Crippen molar-refractivity contribution in [2.24, 2.45) is 0 Å². The molecule has 2 aliphatic heterocycles. The second kappa shape index (κ2) is 7.17. The predicted molar refractivity (Wildman–Crippen MR) is 96.9 cm³/mol. The summed E-state index contributed by atoms with van der Waals surface area (Å²) < 4.78 is 19.8. The Morgan fingerprint density at radius 3 is 2.59 bits per heavy atom. The van der Waals surface area contributed by atoms with E-state index in [1.807, 2.05) is 4.90 Å². The van der Waals surface area contributed by atoms with E-state index in [0.717, 1.165) is 0 Å². The van der Waals surface area contributed by atoms with E-state index >= 15 is 0 Å².